The van der Waals surface area contributed by atoms with E-state index in [1.807, 2.05) is 26.0 Å². The van der Waals surface area contributed by atoms with Gasteiger partial charge in [0.1, 0.15) is 11.6 Å². The number of nitrogens with zero attached hydrogens (tertiary/aromatic N) is 2. The first kappa shape index (κ1) is 14.0. The normalized spacial score (nSPS) is 29.5. The van der Waals surface area contributed by atoms with Crippen LogP contribution in [0.3, 0.4) is 0 Å². The highest BCUT2D eigenvalue weighted by atomic mass is 16.2. The van der Waals surface area contributed by atoms with Crippen LogP contribution in [0.5, 0.6) is 0 Å². The second kappa shape index (κ2) is 4.83. The van der Waals surface area contributed by atoms with Gasteiger partial charge in [0.2, 0.25) is 11.8 Å². The van der Waals surface area contributed by atoms with Crippen LogP contribution < -0.4 is 5.32 Å². The molecule has 1 aromatic rings. The number of carbonyl (C=O) groups excluding carboxylic acids is 2. The van der Waals surface area contributed by atoms with E-state index in [0.717, 1.165) is 24.1 Å². The van der Waals surface area contributed by atoms with Crippen molar-refractivity contribution in [3.63, 3.8) is 0 Å². The van der Waals surface area contributed by atoms with Crippen molar-refractivity contribution in [2.45, 2.75) is 51.7 Å². The summed E-state index contributed by atoms with van der Waals surface area (Å²) in [7, 11) is 0. The van der Waals surface area contributed by atoms with Gasteiger partial charge >= 0.3 is 0 Å². The molecule has 1 saturated carbocycles. The number of piperazine rings is 1. The zero-order valence-electron chi connectivity index (χ0n) is 12.7. The van der Waals surface area contributed by atoms with Crippen LogP contribution in [0.15, 0.2) is 18.3 Å². The van der Waals surface area contributed by atoms with Gasteiger partial charge < -0.3 is 10.2 Å². The Labute approximate surface area is 124 Å². The van der Waals surface area contributed by atoms with E-state index >= 15 is 0 Å². The van der Waals surface area contributed by atoms with Crippen LogP contribution in [0.4, 0.5) is 0 Å². The third-order valence-corrected chi connectivity index (χ3v) is 4.65. The van der Waals surface area contributed by atoms with E-state index in [1.165, 1.54) is 0 Å². The predicted molar refractivity (Wildman–Crippen MR) is 78.3 cm³/mol. The van der Waals surface area contributed by atoms with E-state index in [1.54, 1.807) is 18.0 Å². The molecule has 0 spiro atoms. The largest absolute Gasteiger partial charge is 0.340 e. The van der Waals surface area contributed by atoms with E-state index in [9.17, 15) is 9.59 Å². The summed E-state index contributed by atoms with van der Waals surface area (Å²) >= 11 is 0. The predicted octanol–water partition coefficient (Wildman–Crippen LogP) is 1.41. The fourth-order valence-electron chi connectivity index (χ4n) is 2.96. The number of nitrogens with one attached hydrogen (secondary N) is 1. The lowest BCUT2D eigenvalue weighted by Crippen LogP contribution is -2.69. The van der Waals surface area contributed by atoms with Gasteiger partial charge in [-0.1, -0.05) is 6.07 Å². The fraction of sp³-hybridized carbons (Fsp3) is 0.562. The average molecular weight is 287 g/mol. The van der Waals surface area contributed by atoms with Crippen LogP contribution in [0.1, 0.15) is 37.9 Å². The summed E-state index contributed by atoms with van der Waals surface area (Å²) in [5.74, 6) is 0.238. The highest BCUT2D eigenvalue weighted by molar-refractivity contribution is 5.99. The standard InChI is InChI=1S/C16H21N3O2/c1-10-4-5-12(8-17-10)9-19-11(2)14(20)18-16(3,15(19)21)13-6-7-13/h4-5,8,11,13H,6-7,9H2,1-3H3,(H,18,20). The van der Waals surface area contributed by atoms with Gasteiger partial charge in [0, 0.05) is 18.4 Å². The van der Waals surface area contributed by atoms with Crippen LogP contribution in [0.25, 0.3) is 0 Å². The molecule has 1 aliphatic heterocycles. The number of hydrogen-bond acceptors (Lipinski definition) is 3. The van der Waals surface area contributed by atoms with Gasteiger partial charge in [-0.2, -0.15) is 0 Å². The minimum absolute atomic E-state index is 0.0256. The lowest BCUT2D eigenvalue weighted by Gasteiger charge is -2.43. The molecule has 0 radical (unpaired) electrons. The quantitative estimate of drug-likeness (QED) is 0.914. The molecule has 2 unspecified atom stereocenters. The minimum Gasteiger partial charge on any atom is -0.340 e. The van der Waals surface area contributed by atoms with Crippen molar-refractivity contribution >= 4 is 11.8 Å². The third-order valence-electron chi connectivity index (χ3n) is 4.65. The van der Waals surface area contributed by atoms with Crippen LogP contribution in [-0.2, 0) is 16.1 Å². The van der Waals surface area contributed by atoms with Crippen molar-refractivity contribution in [3.8, 4) is 0 Å². The molecule has 2 fully saturated rings. The molecule has 2 heterocycles. The average Bonchev–Trinajstić information content (AvgIpc) is 3.28. The van der Waals surface area contributed by atoms with E-state index in [-0.39, 0.29) is 17.7 Å². The van der Waals surface area contributed by atoms with E-state index in [2.05, 4.69) is 10.3 Å². The molecular formula is C16H21N3O2. The molecule has 1 saturated heterocycles. The summed E-state index contributed by atoms with van der Waals surface area (Å²) < 4.78 is 0. The zero-order chi connectivity index (χ0) is 15.2. The Bertz CT molecular complexity index is 580. The van der Waals surface area contributed by atoms with Crippen LogP contribution in [0.2, 0.25) is 0 Å². The van der Waals surface area contributed by atoms with Gasteiger partial charge in [0.25, 0.3) is 0 Å². The highest BCUT2D eigenvalue weighted by Crippen LogP contribution is 2.42. The third kappa shape index (κ3) is 2.41. The molecule has 2 atom stereocenters. The molecule has 2 amide bonds. The molecule has 2 aliphatic rings. The summed E-state index contributed by atoms with van der Waals surface area (Å²) in [5, 5.41) is 2.93. The smallest absolute Gasteiger partial charge is 0.249 e. The van der Waals surface area contributed by atoms with E-state index in [0.29, 0.717) is 6.54 Å². The molecule has 1 aliphatic carbocycles. The van der Waals surface area contributed by atoms with Crippen molar-refractivity contribution < 1.29 is 9.59 Å². The van der Waals surface area contributed by atoms with Gasteiger partial charge in [-0.15, -0.1) is 0 Å². The van der Waals surface area contributed by atoms with Gasteiger partial charge in [-0.05, 0) is 51.2 Å². The number of rotatable bonds is 3. The van der Waals surface area contributed by atoms with Crippen LogP contribution in [0, 0.1) is 12.8 Å². The molecule has 112 valence electrons. The number of carbonyl (C=O) groups is 2. The lowest BCUT2D eigenvalue weighted by atomic mass is 9.89. The molecule has 1 aromatic heterocycles. The maximum absolute atomic E-state index is 12.8. The number of pyridine rings is 1. The maximum atomic E-state index is 12.8. The first-order chi connectivity index (χ1) is 9.91. The Morgan fingerprint density at radius 3 is 2.67 bits per heavy atom. The Morgan fingerprint density at radius 1 is 1.38 bits per heavy atom. The Kier molecular flexibility index (Phi) is 3.23. The van der Waals surface area contributed by atoms with Crippen molar-refractivity contribution in [1.29, 1.82) is 0 Å². The zero-order valence-corrected chi connectivity index (χ0v) is 12.7. The maximum Gasteiger partial charge on any atom is 0.249 e. The van der Waals surface area contributed by atoms with E-state index < -0.39 is 11.6 Å². The van der Waals surface area contributed by atoms with Crippen molar-refractivity contribution in [2.75, 3.05) is 0 Å². The molecular weight excluding hydrogens is 266 g/mol. The molecule has 5 nitrogen and oxygen atoms in total. The number of amides is 2. The van der Waals surface area contributed by atoms with Crippen LogP contribution >= 0.6 is 0 Å². The van der Waals surface area contributed by atoms with Crippen molar-refractivity contribution in [2.24, 2.45) is 5.92 Å². The molecule has 0 bridgehead atoms. The Hall–Kier alpha value is -1.91. The monoisotopic (exact) mass is 287 g/mol. The number of hydrogen-bond donors (Lipinski definition) is 1. The second-order valence-electron chi connectivity index (χ2n) is 6.38. The summed E-state index contributed by atoms with van der Waals surface area (Å²) in [4.78, 5) is 31.0. The number of aryl methyl sites for hydroxylation is 1. The van der Waals surface area contributed by atoms with Gasteiger partial charge in [0.05, 0.1) is 0 Å². The van der Waals surface area contributed by atoms with Gasteiger partial charge in [-0.3, -0.25) is 14.6 Å². The molecule has 5 heteroatoms. The van der Waals surface area contributed by atoms with Crippen molar-refractivity contribution in [1.82, 2.24) is 15.2 Å². The summed E-state index contributed by atoms with van der Waals surface area (Å²) in [6.07, 6.45) is 3.80. The van der Waals surface area contributed by atoms with Crippen molar-refractivity contribution in [3.05, 3.63) is 29.6 Å². The van der Waals surface area contributed by atoms with Gasteiger partial charge in [-0.25, -0.2) is 0 Å². The Balaban J connectivity index is 1.85. The van der Waals surface area contributed by atoms with Crippen LogP contribution in [-0.4, -0.2) is 33.3 Å². The molecule has 1 N–H and O–H groups in total. The van der Waals surface area contributed by atoms with Gasteiger partial charge in [0.15, 0.2) is 0 Å². The van der Waals surface area contributed by atoms with E-state index in [4.69, 9.17) is 0 Å². The summed E-state index contributed by atoms with van der Waals surface area (Å²) in [6, 6.07) is 3.45. The number of aromatic nitrogens is 1. The molecule has 3 rings (SSSR count). The topological polar surface area (TPSA) is 62.3 Å². The minimum atomic E-state index is -0.734. The first-order valence-corrected chi connectivity index (χ1v) is 7.46. The summed E-state index contributed by atoms with van der Waals surface area (Å²) in [5.41, 5.74) is 1.16. The summed E-state index contributed by atoms with van der Waals surface area (Å²) in [6.45, 7) is 6.00. The lowest BCUT2D eigenvalue weighted by molar-refractivity contribution is -0.155. The Morgan fingerprint density at radius 2 is 2.10 bits per heavy atom. The SMILES string of the molecule is Cc1ccc(CN2C(=O)C(C)(C3CC3)NC(=O)C2C)cn1. The highest BCUT2D eigenvalue weighted by Gasteiger charge is 2.54. The molecule has 0 aromatic carbocycles. The molecule has 21 heavy (non-hydrogen) atoms. The second-order valence-corrected chi connectivity index (χ2v) is 6.38. The fourth-order valence-corrected chi connectivity index (χ4v) is 2.96. The first-order valence-electron chi connectivity index (χ1n) is 7.46.